The summed E-state index contributed by atoms with van der Waals surface area (Å²) in [5.41, 5.74) is 1.08. The first-order valence-electron chi connectivity index (χ1n) is 11.5. The molecule has 3 aliphatic heterocycles. The molecule has 2 saturated heterocycles. The Hall–Kier alpha value is -3.21. The molecule has 0 N–H and O–H groups in total. The van der Waals surface area contributed by atoms with E-state index in [9.17, 15) is 9.59 Å². The van der Waals surface area contributed by atoms with Crippen LogP contribution in [0.3, 0.4) is 0 Å². The highest BCUT2D eigenvalue weighted by Crippen LogP contribution is 2.66. The lowest BCUT2D eigenvalue weighted by atomic mass is 9.72. The SMILES string of the molecule is COc1ccc2c(c1)[C@]1(C(=O)N2C)N(C)C[C@@H](c2cccnc2)[C@@]12SC(=S)N(Cc1ccco1)C2=O. The van der Waals surface area contributed by atoms with Crippen molar-refractivity contribution in [2.75, 3.05) is 32.6 Å². The Morgan fingerprint density at radius 2 is 2.03 bits per heavy atom. The number of fused-ring (bicyclic) bond motifs is 3. The number of hydrogen-bond acceptors (Lipinski definition) is 8. The van der Waals surface area contributed by atoms with E-state index >= 15 is 0 Å². The topological polar surface area (TPSA) is 79.1 Å². The lowest BCUT2D eigenvalue weighted by Crippen LogP contribution is -2.62. The van der Waals surface area contributed by atoms with Gasteiger partial charge >= 0.3 is 0 Å². The zero-order chi connectivity index (χ0) is 25.2. The summed E-state index contributed by atoms with van der Waals surface area (Å²) >= 11 is 7.13. The summed E-state index contributed by atoms with van der Waals surface area (Å²) in [7, 11) is 5.26. The first-order chi connectivity index (χ1) is 17.4. The average molecular weight is 521 g/mol. The molecule has 0 aliphatic carbocycles. The molecule has 184 valence electrons. The van der Waals surface area contributed by atoms with E-state index in [2.05, 4.69) is 4.98 Å². The predicted molar refractivity (Wildman–Crippen MR) is 140 cm³/mol. The van der Waals surface area contributed by atoms with Gasteiger partial charge in [0.2, 0.25) is 5.91 Å². The van der Waals surface area contributed by atoms with Crippen molar-refractivity contribution < 1.29 is 18.7 Å². The van der Waals surface area contributed by atoms with Gasteiger partial charge in [0, 0.05) is 43.2 Å². The molecule has 2 aromatic heterocycles. The number of likely N-dealkylation sites (tertiary alicyclic amines) is 1. The van der Waals surface area contributed by atoms with Gasteiger partial charge in [0.25, 0.3) is 5.91 Å². The Labute approximate surface area is 218 Å². The predicted octanol–water partition coefficient (Wildman–Crippen LogP) is 3.38. The molecular weight excluding hydrogens is 496 g/mol. The highest BCUT2D eigenvalue weighted by atomic mass is 32.2. The van der Waals surface area contributed by atoms with Crippen LogP contribution < -0.4 is 9.64 Å². The minimum Gasteiger partial charge on any atom is -0.497 e. The summed E-state index contributed by atoms with van der Waals surface area (Å²) in [6.07, 6.45) is 5.06. The van der Waals surface area contributed by atoms with Crippen molar-refractivity contribution in [2.45, 2.75) is 22.7 Å². The van der Waals surface area contributed by atoms with Crippen molar-refractivity contribution in [3.63, 3.8) is 0 Å². The molecule has 2 spiro atoms. The van der Waals surface area contributed by atoms with Crippen LogP contribution in [-0.2, 0) is 21.7 Å². The van der Waals surface area contributed by atoms with E-state index in [1.165, 1.54) is 11.8 Å². The molecule has 3 atom stereocenters. The van der Waals surface area contributed by atoms with E-state index in [4.69, 9.17) is 21.4 Å². The minimum atomic E-state index is -1.30. The van der Waals surface area contributed by atoms with E-state index < -0.39 is 10.3 Å². The first-order valence-corrected chi connectivity index (χ1v) is 12.7. The zero-order valence-electron chi connectivity index (χ0n) is 20.0. The smallest absolute Gasteiger partial charge is 0.254 e. The molecular formula is C26H24N4O4S2. The van der Waals surface area contributed by atoms with Crippen molar-refractivity contribution in [3.8, 4) is 5.75 Å². The number of ether oxygens (including phenoxy) is 1. The number of aromatic nitrogens is 1. The molecule has 0 saturated carbocycles. The second-order valence-corrected chi connectivity index (χ2v) is 11.1. The second kappa shape index (κ2) is 8.16. The molecule has 6 rings (SSSR count). The Morgan fingerprint density at radius 3 is 2.72 bits per heavy atom. The second-order valence-electron chi connectivity index (χ2n) is 9.25. The average Bonchev–Trinajstić information content (AvgIpc) is 3.61. The molecule has 3 aromatic rings. The number of furan rings is 1. The Kier molecular flexibility index (Phi) is 5.26. The maximum Gasteiger partial charge on any atom is 0.254 e. The van der Waals surface area contributed by atoms with Crippen molar-refractivity contribution in [1.82, 2.24) is 14.8 Å². The van der Waals surface area contributed by atoms with Crippen LogP contribution in [-0.4, -0.2) is 63.4 Å². The van der Waals surface area contributed by atoms with Gasteiger partial charge in [-0.3, -0.25) is 24.4 Å². The lowest BCUT2D eigenvalue weighted by Gasteiger charge is -2.42. The van der Waals surface area contributed by atoms with E-state index in [0.29, 0.717) is 22.4 Å². The lowest BCUT2D eigenvalue weighted by molar-refractivity contribution is -0.139. The van der Waals surface area contributed by atoms with Crippen LogP contribution in [0.15, 0.2) is 65.5 Å². The Balaban J connectivity index is 1.62. The highest BCUT2D eigenvalue weighted by Gasteiger charge is 2.78. The third-order valence-corrected chi connectivity index (χ3v) is 9.58. The molecule has 0 radical (unpaired) electrons. The molecule has 0 unspecified atom stereocenters. The van der Waals surface area contributed by atoms with Gasteiger partial charge in [0.05, 0.1) is 19.9 Å². The van der Waals surface area contributed by atoms with Gasteiger partial charge in [-0.25, -0.2) is 0 Å². The number of likely N-dealkylation sites (N-methyl/N-ethyl adjacent to an activating group) is 2. The summed E-state index contributed by atoms with van der Waals surface area (Å²) in [5.74, 6) is 0.532. The van der Waals surface area contributed by atoms with E-state index in [0.717, 1.165) is 16.8 Å². The number of anilines is 1. The highest BCUT2D eigenvalue weighted by molar-refractivity contribution is 8.25. The molecule has 5 heterocycles. The fourth-order valence-electron chi connectivity index (χ4n) is 6.08. The molecule has 2 fully saturated rings. The standard InChI is InChI=1S/C26H24N4O4S2/c1-28-15-20(16-6-4-10-27-13-16)26(23(32)30(24(35)36-26)14-18-7-5-11-34-18)25(28)19-12-17(33-3)8-9-21(19)29(2)22(25)31/h4-13,20H,14-15H2,1-3H3/t20-,25+,26-/m0/s1. The fraction of sp³-hybridized carbons (Fsp3) is 0.308. The third-order valence-electron chi connectivity index (χ3n) is 7.64. The van der Waals surface area contributed by atoms with Crippen LogP contribution in [0.1, 0.15) is 22.8 Å². The van der Waals surface area contributed by atoms with Gasteiger partial charge in [-0.2, -0.15) is 0 Å². The van der Waals surface area contributed by atoms with Crippen molar-refractivity contribution in [3.05, 3.63) is 78.0 Å². The van der Waals surface area contributed by atoms with Crippen LogP contribution in [0.25, 0.3) is 0 Å². The minimum absolute atomic E-state index is 0.164. The number of carbonyl (C=O) groups excluding carboxylic acids is 2. The number of thiocarbonyl (C=S) groups is 1. The number of carbonyl (C=O) groups is 2. The number of pyridine rings is 1. The maximum absolute atomic E-state index is 14.7. The molecule has 2 amide bonds. The Bertz CT molecular complexity index is 1380. The number of hydrogen-bond donors (Lipinski definition) is 0. The zero-order valence-corrected chi connectivity index (χ0v) is 21.6. The molecule has 1 aromatic carbocycles. The van der Waals surface area contributed by atoms with Gasteiger partial charge in [0.15, 0.2) is 5.54 Å². The first kappa shape index (κ1) is 23.2. The third kappa shape index (κ3) is 2.80. The summed E-state index contributed by atoms with van der Waals surface area (Å²) in [6, 6.07) is 13.0. The monoisotopic (exact) mass is 520 g/mol. The van der Waals surface area contributed by atoms with Crippen molar-refractivity contribution >= 4 is 45.8 Å². The number of benzene rings is 1. The summed E-state index contributed by atoms with van der Waals surface area (Å²) in [6.45, 7) is 0.672. The number of methoxy groups -OCH3 is 1. The molecule has 3 aliphatic rings. The van der Waals surface area contributed by atoms with Gasteiger partial charge in [0.1, 0.15) is 20.6 Å². The quantitative estimate of drug-likeness (QED) is 0.485. The molecule has 8 nitrogen and oxygen atoms in total. The molecule has 36 heavy (non-hydrogen) atoms. The normalized spacial score (nSPS) is 27.6. The van der Waals surface area contributed by atoms with Crippen LogP contribution in [0, 0.1) is 0 Å². The Morgan fingerprint density at radius 1 is 1.19 bits per heavy atom. The van der Waals surface area contributed by atoms with Crippen LogP contribution in [0.4, 0.5) is 5.69 Å². The maximum atomic E-state index is 14.7. The van der Waals surface area contributed by atoms with Gasteiger partial charge in [-0.1, -0.05) is 30.0 Å². The largest absolute Gasteiger partial charge is 0.497 e. The van der Waals surface area contributed by atoms with Crippen LogP contribution in [0.2, 0.25) is 0 Å². The van der Waals surface area contributed by atoms with Gasteiger partial charge < -0.3 is 14.1 Å². The van der Waals surface area contributed by atoms with Crippen molar-refractivity contribution in [2.24, 2.45) is 0 Å². The molecule has 10 heteroatoms. The van der Waals surface area contributed by atoms with E-state index in [1.54, 1.807) is 48.7 Å². The van der Waals surface area contributed by atoms with E-state index in [1.807, 2.05) is 48.3 Å². The van der Waals surface area contributed by atoms with Crippen molar-refractivity contribution in [1.29, 1.82) is 0 Å². The summed E-state index contributed by atoms with van der Waals surface area (Å²) in [4.78, 5) is 38.7. The summed E-state index contributed by atoms with van der Waals surface area (Å²) in [5, 5.41) is 0. The fourth-order valence-corrected chi connectivity index (χ4v) is 8.21. The van der Waals surface area contributed by atoms with Crippen LogP contribution in [0.5, 0.6) is 5.75 Å². The summed E-state index contributed by atoms with van der Waals surface area (Å²) < 4.78 is 10.3. The number of thioether (sulfide) groups is 1. The van der Waals surface area contributed by atoms with Gasteiger partial charge in [-0.05, 0) is 49.0 Å². The number of nitrogens with zero attached hydrogens (tertiary/aromatic N) is 4. The van der Waals surface area contributed by atoms with Gasteiger partial charge in [-0.15, -0.1) is 0 Å². The molecule has 0 bridgehead atoms. The van der Waals surface area contributed by atoms with E-state index in [-0.39, 0.29) is 24.3 Å². The number of amides is 2. The van der Waals surface area contributed by atoms with Crippen LogP contribution >= 0.6 is 24.0 Å². The number of rotatable bonds is 4.